The SMILES string of the molecule is CCN1CCCC1CNC(=O)CCC(C)N.Cl.Cl. The number of likely N-dealkylation sites (N-methyl/N-ethyl adjacent to an activating group) is 1. The van der Waals surface area contributed by atoms with E-state index in [0.717, 1.165) is 19.5 Å². The van der Waals surface area contributed by atoms with E-state index in [2.05, 4.69) is 17.1 Å². The average molecular weight is 300 g/mol. The zero-order chi connectivity index (χ0) is 12.0. The molecule has 0 spiro atoms. The van der Waals surface area contributed by atoms with E-state index < -0.39 is 0 Å². The molecule has 1 aliphatic heterocycles. The Hall–Kier alpha value is -0.0300. The van der Waals surface area contributed by atoms with Crippen LogP contribution in [-0.2, 0) is 4.79 Å². The van der Waals surface area contributed by atoms with E-state index in [-0.39, 0.29) is 36.8 Å². The lowest BCUT2D eigenvalue weighted by molar-refractivity contribution is -0.121. The Kier molecular flexibility index (Phi) is 12.2. The van der Waals surface area contributed by atoms with Crippen LogP contribution >= 0.6 is 24.8 Å². The molecule has 1 fully saturated rings. The highest BCUT2D eigenvalue weighted by Crippen LogP contribution is 2.15. The molecule has 0 bridgehead atoms. The third-order valence-electron chi connectivity index (χ3n) is 3.27. The van der Waals surface area contributed by atoms with Crippen molar-refractivity contribution in [3.63, 3.8) is 0 Å². The fraction of sp³-hybridized carbons (Fsp3) is 0.917. The van der Waals surface area contributed by atoms with Crippen LogP contribution in [0, 0.1) is 0 Å². The highest BCUT2D eigenvalue weighted by molar-refractivity contribution is 5.85. The average Bonchev–Trinajstić information content (AvgIpc) is 2.70. The molecule has 18 heavy (non-hydrogen) atoms. The molecule has 0 aromatic carbocycles. The summed E-state index contributed by atoms with van der Waals surface area (Å²) in [6.07, 6.45) is 3.79. The van der Waals surface area contributed by atoms with Crippen LogP contribution in [0.3, 0.4) is 0 Å². The van der Waals surface area contributed by atoms with Gasteiger partial charge in [0, 0.05) is 25.0 Å². The summed E-state index contributed by atoms with van der Waals surface area (Å²) in [7, 11) is 0. The number of likely N-dealkylation sites (tertiary alicyclic amines) is 1. The topological polar surface area (TPSA) is 58.4 Å². The highest BCUT2D eigenvalue weighted by Gasteiger charge is 2.22. The van der Waals surface area contributed by atoms with Gasteiger partial charge in [0.1, 0.15) is 0 Å². The van der Waals surface area contributed by atoms with Gasteiger partial charge >= 0.3 is 0 Å². The first kappa shape index (κ1) is 20.3. The van der Waals surface area contributed by atoms with Crippen molar-refractivity contribution in [3.05, 3.63) is 0 Å². The summed E-state index contributed by atoms with van der Waals surface area (Å²) >= 11 is 0. The van der Waals surface area contributed by atoms with Crippen molar-refractivity contribution in [2.45, 2.75) is 51.6 Å². The van der Waals surface area contributed by atoms with Gasteiger partial charge in [0.2, 0.25) is 5.91 Å². The fourth-order valence-electron chi connectivity index (χ4n) is 2.22. The van der Waals surface area contributed by atoms with Crippen molar-refractivity contribution in [2.24, 2.45) is 5.73 Å². The van der Waals surface area contributed by atoms with E-state index >= 15 is 0 Å². The molecule has 1 heterocycles. The van der Waals surface area contributed by atoms with E-state index in [1.54, 1.807) is 0 Å². The maximum Gasteiger partial charge on any atom is 0.220 e. The molecule has 1 aliphatic rings. The van der Waals surface area contributed by atoms with Gasteiger partial charge in [0.15, 0.2) is 0 Å². The maximum absolute atomic E-state index is 11.5. The van der Waals surface area contributed by atoms with E-state index in [9.17, 15) is 4.79 Å². The largest absolute Gasteiger partial charge is 0.355 e. The lowest BCUT2D eigenvalue weighted by Gasteiger charge is -2.22. The predicted octanol–water partition coefficient (Wildman–Crippen LogP) is 1.56. The Labute approximate surface area is 123 Å². The van der Waals surface area contributed by atoms with E-state index in [1.807, 2.05) is 6.92 Å². The molecule has 1 amide bonds. The number of amides is 1. The molecule has 2 atom stereocenters. The van der Waals surface area contributed by atoms with Crippen LogP contribution in [-0.4, -0.2) is 42.5 Å². The number of nitrogens with one attached hydrogen (secondary N) is 1. The second-order valence-corrected chi connectivity index (χ2v) is 4.74. The van der Waals surface area contributed by atoms with Gasteiger partial charge in [-0.05, 0) is 39.3 Å². The molecule has 0 aromatic heterocycles. The quantitative estimate of drug-likeness (QED) is 0.782. The molecule has 110 valence electrons. The van der Waals surface area contributed by atoms with Crippen LogP contribution in [0.1, 0.15) is 39.5 Å². The molecule has 1 rings (SSSR count). The Morgan fingerprint density at radius 2 is 2.17 bits per heavy atom. The van der Waals surface area contributed by atoms with Gasteiger partial charge in [-0.15, -0.1) is 24.8 Å². The van der Waals surface area contributed by atoms with Gasteiger partial charge in [-0.2, -0.15) is 0 Å². The Morgan fingerprint density at radius 1 is 1.50 bits per heavy atom. The Bertz CT molecular complexity index is 227. The summed E-state index contributed by atoms with van der Waals surface area (Å²) in [5.74, 6) is 0.139. The number of carbonyl (C=O) groups is 1. The summed E-state index contributed by atoms with van der Waals surface area (Å²) in [4.78, 5) is 14.0. The monoisotopic (exact) mass is 299 g/mol. The van der Waals surface area contributed by atoms with Crippen LogP contribution in [0.25, 0.3) is 0 Å². The van der Waals surface area contributed by atoms with Gasteiger partial charge in [0.05, 0.1) is 0 Å². The zero-order valence-electron chi connectivity index (χ0n) is 11.4. The summed E-state index contributed by atoms with van der Waals surface area (Å²) in [6.45, 7) is 7.17. The molecule has 0 saturated carbocycles. The van der Waals surface area contributed by atoms with Crippen molar-refractivity contribution in [3.8, 4) is 0 Å². The first-order chi connectivity index (χ1) is 7.63. The molecular weight excluding hydrogens is 273 g/mol. The van der Waals surface area contributed by atoms with Crippen molar-refractivity contribution >= 4 is 30.7 Å². The van der Waals surface area contributed by atoms with Crippen LogP contribution in [0.4, 0.5) is 0 Å². The lowest BCUT2D eigenvalue weighted by Crippen LogP contribution is -2.40. The van der Waals surface area contributed by atoms with Crippen molar-refractivity contribution < 1.29 is 4.79 Å². The van der Waals surface area contributed by atoms with Crippen molar-refractivity contribution in [1.82, 2.24) is 10.2 Å². The van der Waals surface area contributed by atoms with E-state index in [0.29, 0.717) is 12.5 Å². The minimum Gasteiger partial charge on any atom is -0.355 e. The van der Waals surface area contributed by atoms with E-state index in [4.69, 9.17) is 5.73 Å². The lowest BCUT2D eigenvalue weighted by atomic mass is 10.2. The van der Waals surface area contributed by atoms with Gasteiger partial charge in [-0.3, -0.25) is 9.69 Å². The molecule has 0 aliphatic carbocycles. The maximum atomic E-state index is 11.5. The minimum atomic E-state index is 0. The first-order valence-corrected chi connectivity index (χ1v) is 6.39. The molecule has 3 N–H and O–H groups in total. The Balaban J connectivity index is 0. The number of carbonyl (C=O) groups excluding carboxylic acids is 1. The van der Waals surface area contributed by atoms with Crippen LogP contribution in [0.15, 0.2) is 0 Å². The van der Waals surface area contributed by atoms with Crippen LogP contribution in [0.2, 0.25) is 0 Å². The third-order valence-corrected chi connectivity index (χ3v) is 3.27. The van der Waals surface area contributed by atoms with Gasteiger partial charge in [-0.25, -0.2) is 0 Å². The smallest absolute Gasteiger partial charge is 0.220 e. The number of halogens is 2. The summed E-state index contributed by atoms with van der Waals surface area (Å²) < 4.78 is 0. The normalized spacial score (nSPS) is 20.7. The molecule has 0 radical (unpaired) electrons. The van der Waals surface area contributed by atoms with Crippen molar-refractivity contribution in [1.29, 1.82) is 0 Å². The van der Waals surface area contributed by atoms with Gasteiger partial charge < -0.3 is 11.1 Å². The number of hydrogen-bond acceptors (Lipinski definition) is 3. The van der Waals surface area contributed by atoms with Crippen molar-refractivity contribution in [2.75, 3.05) is 19.6 Å². The van der Waals surface area contributed by atoms with E-state index in [1.165, 1.54) is 19.4 Å². The van der Waals surface area contributed by atoms with Crippen LogP contribution < -0.4 is 11.1 Å². The highest BCUT2D eigenvalue weighted by atomic mass is 35.5. The standard InChI is InChI=1S/C12H25N3O.2ClH/c1-3-15-8-4-5-11(15)9-14-12(16)7-6-10(2)13;;/h10-11H,3-9,13H2,1-2H3,(H,14,16);2*1H. The minimum absolute atomic E-state index is 0. The molecule has 6 heteroatoms. The summed E-state index contributed by atoms with van der Waals surface area (Å²) in [5.41, 5.74) is 5.61. The molecular formula is C12H27Cl2N3O. The van der Waals surface area contributed by atoms with Gasteiger partial charge in [-0.1, -0.05) is 6.92 Å². The molecule has 2 unspecified atom stereocenters. The summed E-state index contributed by atoms with van der Waals surface area (Å²) in [5, 5.41) is 3.01. The molecule has 1 saturated heterocycles. The van der Waals surface area contributed by atoms with Crippen LogP contribution in [0.5, 0.6) is 0 Å². The predicted molar refractivity (Wildman–Crippen MR) is 80.7 cm³/mol. The van der Waals surface area contributed by atoms with Gasteiger partial charge in [0.25, 0.3) is 0 Å². The number of hydrogen-bond donors (Lipinski definition) is 2. The molecule has 0 aromatic rings. The second kappa shape index (κ2) is 10.9. The first-order valence-electron chi connectivity index (χ1n) is 6.39. The zero-order valence-corrected chi connectivity index (χ0v) is 13.0. The second-order valence-electron chi connectivity index (χ2n) is 4.74. The number of nitrogens with zero attached hydrogens (tertiary/aromatic N) is 1. The number of nitrogens with two attached hydrogens (primary N) is 1. The molecule has 4 nitrogen and oxygen atoms in total. The fourth-order valence-corrected chi connectivity index (χ4v) is 2.22. The Morgan fingerprint density at radius 3 is 2.72 bits per heavy atom. The number of rotatable bonds is 6. The summed E-state index contributed by atoms with van der Waals surface area (Å²) in [6, 6.07) is 0.661. The third kappa shape index (κ3) is 7.41.